The highest BCUT2D eigenvalue weighted by molar-refractivity contribution is 8.00. The van der Waals surface area contributed by atoms with E-state index >= 15 is 0 Å². The Balaban J connectivity index is 1.12. The molecule has 0 N–H and O–H groups in total. The number of carbonyl (C=O) groups excluding carboxylic acids is 3. The lowest BCUT2D eigenvalue weighted by Crippen LogP contribution is -2.51. The van der Waals surface area contributed by atoms with Crippen LogP contribution in [0.5, 0.6) is 0 Å². The van der Waals surface area contributed by atoms with Gasteiger partial charge in [0.15, 0.2) is 0 Å². The van der Waals surface area contributed by atoms with Crippen molar-refractivity contribution in [1.82, 2.24) is 9.80 Å². The zero-order valence-corrected chi connectivity index (χ0v) is 19.0. The van der Waals surface area contributed by atoms with Crippen LogP contribution in [0.25, 0.3) is 0 Å². The number of ether oxygens (including phenoxy) is 1. The summed E-state index contributed by atoms with van der Waals surface area (Å²) in [6, 6.07) is 16.0. The van der Waals surface area contributed by atoms with E-state index in [4.69, 9.17) is 4.74 Å². The number of amides is 3. The van der Waals surface area contributed by atoms with Crippen LogP contribution in [0, 0.1) is 0 Å². The molecule has 2 aromatic carbocycles. The van der Waals surface area contributed by atoms with Crippen molar-refractivity contribution in [2.75, 3.05) is 30.3 Å². The van der Waals surface area contributed by atoms with Gasteiger partial charge in [-0.2, -0.15) is 0 Å². The fourth-order valence-corrected chi connectivity index (χ4v) is 6.54. The van der Waals surface area contributed by atoms with Crippen molar-refractivity contribution in [3.63, 3.8) is 0 Å². The average Bonchev–Trinajstić information content (AvgIpc) is 3.35. The van der Waals surface area contributed by atoms with E-state index in [1.807, 2.05) is 46.2 Å². The maximum Gasteiger partial charge on any atom is 0.411 e. The van der Waals surface area contributed by atoms with Gasteiger partial charge in [0.25, 0.3) is 0 Å². The lowest BCUT2D eigenvalue weighted by atomic mass is 9.99. The number of rotatable bonds is 3. The third-order valence-corrected chi connectivity index (χ3v) is 8.27. The molecule has 170 valence electrons. The zero-order chi connectivity index (χ0) is 22.5. The predicted molar refractivity (Wildman–Crippen MR) is 124 cm³/mol. The second kappa shape index (κ2) is 8.09. The van der Waals surface area contributed by atoms with Crippen molar-refractivity contribution in [1.29, 1.82) is 0 Å². The largest absolute Gasteiger partial charge is 0.443 e. The summed E-state index contributed by atoms with van der Waals surface area (Å²) < 4.78 is 5.71. The maximum atomic E-state index is 13.1. The molecule has 33 heavy (non-hydrogen) atoms. The van der Waals surface area contributed by atoms with E-state index in [-0.39, 0.29) is 42.6 Å². The summed E-state index contributed by atoms with van der Waals surface area (Å²) in [5.74, 6) is 0.275. The SMILES string of the molecule is O=C(CN1C(=O)CSc2ccccc21)N1CCC(N2C(=O)O[C@H]3Cc4ccccc4[C@H]32)CC1. The van der Waals surface area contributed by atoms with Gasteiger partial charge < -0.3 is 14.5 Å². The Morgan fingerprint density at radius 1 is 1.03 bits per heavy atom. The molecule has 8 heteroatoms. The third kappa shape index (κ3) is 3.47. The first-order valence-electron chi connectivity index (χ1n) is 11.5. The van der Waals surface area contributed by atoms with Gasteiger partial charge in [0, 0.05) is 30.4 Å². The summed E-state index contributed by atoms with van der Waals surface area (Å²) in [6.07, 6.45) is 1.85. The van der Waals surface area contributed by atoms with Crippen molar-refractivity contribution in [2.45, 2.75) is 42.3 Å². The van der Waals surface area contributed by atoms with Crippen LogP contribution in [0.4, 0.5) is 10.5 Å². The lowest BCUT2D eigenvalue weighted by Gasteiger charge is -2.38. The average molecular weight is 464 g/mol. The van der Waals surface area contributed by atoms with Crippen LogP contribution in [-0.2, 0) is 20.7 Å². The quantitative estimate of drug-likeness (QED) is 0.699. The van der Waals surface area contributed by atoms with Crippen LogP contribution < -0.4 is 4.90 Å². The Hall–Kier alpha value is -3.00. The van der Waals surface area contributed by atoms with Crippen LogP contribution in [0.3, 0.4) is 0 Å². The molecule has 1 aliphatic carbocycles. The smallest absolute Gasteiger partial charge is 0.411 e. The topological polar surface area (TPSA) is 70.2 Å². The summed E-state index contributed by atoms with van der Waals surface area (Å²) in [6.45, 7) is 1.21. The molecular formula is C25H25N3O4S. The first kappa shape index (κ1) is 20.6. The van der Waals surface area contributed by atoms with Crippen molar-refractivity contribution in [3.8, 4) is 0 Å². The Morgan fingerprint density at radius 2 is 1.79 bits per heavy atom. The first-order valence-corrected chi connectivity index (χ1v) is 12.5. The van der Waals surface area contributed by atoms with E-state index in [9.17, 15) is 14.4 Å². The molecule has 0 bridgehead atoms. The standard InChI is InChI=1S/C25H25N3O4S/c29-22(14-27-19-7-3-4-8-21(19)33-15-23(27)30)26-11-9-17(10-12-26)28-24-18-6-2-1-5-16(18)13-20(24)32-25(28)31/h1-8,17,20,24H,9-15H2/t20-,24+/m0/s1. The molecule has 0 aromatic heterocycles. The highest BCUT2D eigenvalue weighted by Crippen LogP contribution is 2.44. The molecule has 6 rings (SSSR count). The number of likely N-dealkylation sites (tertiary alicyclic amines) is 1. The minimum absolute atomic E-state index is 0.0269. The summed E-state index contributed by atoms with van der Waals surface area (Å²) in [5, 5.41) is 0. The number of piperidine rings is 1. The number of para-hydroxylation sites is 1. The van der Waals surface area contributed by atoms with Crippen LogP contribution in [0.1, 0.15) is 30.0 Å². The summed E-state index contributed by atoms with van der Waals surface area (Å²) >= 11 is 1.52. The second-order valence-corrected chi connectivity index (χ2v) is 10.0. The number of anilines is 1. The molecule has 0 spiro atoms. The van der Waals surface area contributed by atoms with Gasteiger partial charge in [0.05, 0.1) is 17.5 Å². The van der Waals surface area contributed by atoms with Crippen LogP contribution in [0.15, 0.2) is 53.4 Å². The molecule has 3 aliphatic heterocycles. The fraction of sp³-hybridized carbons (Fsp3) is 0.400. The predicted octanol–water partition coefficient (Wildman–Crippen LogP) is 3.23. The molecule has 2 atom stereocenters. The Labute approximate surface area is 196 Å². The number of carbonyl (C=O) groups is 3. The monoisotopic (exact) mass is 463 g/mol. The maximum absolute atomic E-state index is 13.1. The molecule has 0 radical (unpaired) electrons. The van der Waals surface area contributed by atoms with Crippen molar-refractivity contribution < 1.29 is 19.1 Å². The minimum atomic E-state index is -0.239. The summed E-state index contributed by atoms with van der Waals surface area (Å²) in [5.41, 5.74) is 3.25. The number of fused-ring (bicyclic) bond motifs is 4. The van der Waals surface area contributed by atoms with E-state index < -0.39 is 0 Å². The molecule has 2 saturated heterocycles. The third-order valence-electron chi connectivity index (χ3n) is 7.22. The number of benzene rings is 2. The van der Waals surface area contributed by atoms with E-state index in [0.717, 1.165) is 17.0 Å². The highest BCUT2D eigenvalue weighted by Gasteiger charge is 2.50. The number of hydrogen-bond acceptors (Lipinski definition) is 5. The molecule has 3 heterocycles. The van der Waals surface area contributed by atoms with Crippen LogP contribution in [-0.4, -0.2) is 65.2 Å². The van der Waals surface area contributed by atoms with Gasteiger partial charge in [-0.3, -0.25) is 14.5 Å². The van der Waals surface area contributed by atoms with E-state index in [0.29, 0.717) is 31.7 Å². The number of hydrogen-bond donors (Lipinski definition) is 0. The minimum Gasteiger partial charge on any atom is -0.443 e. The van der Waals surface area contributed by atoms with E-state index in [1.54, 1.807) is 4.90 Å². The first-order chi connectivity index (χ1) is 16.1. The molecule has 2 aromatic rings. The van der Waals surface area contributed by atoms with Crippen LogP contribution >= 0.6 is 11.8 Å². The molecule has 0 unspecified atom stereocenters. The molecular weight excluding hydrogens is 438 g/mol. The van der Waals surface area contributed by atoms with Gasteiger partial charge in [-0.15, -0.1) is 11.8 Å². The summed E-state index contributed by atoms with van der Waals surface area (Å²) in [4.78, 5) is 44.7. The molecule has 3 amide bonds. The molecule has 4 aliphatic rings. The molecule has 2 fully saturated rings. The number of thioether (sulfide) groups is 1. The number of nitrogens with zero attached hydrogens (tertiary/aromatic N) is 3. The summed E-state index contributed by atoms with van der Waals surface area (Å²) in [7, 11) is 0. The Bertz CT molecular complexity index is 1130. The van der Waals surface area contributed by atoms with Gasteiger partial charge in [0.2, 0.25) is 11.8 Å². The van der Waals surface area contributed by atoms with Crippen molar-refractivity contribution in [2.24, 2.45) is 0 Å². The lowest BCUT2D eigenvalue weighted by molar-refractivity contribution is -0.132. The van der Waals surface area contributed by atoms with Crippen molar-refractivity contribution in [3.05, 3.63) is 59.7 Å². The van der Waals surface area contributed by atoms with Gasteiger partial charge >= 0.3 is 6.09 Å². The van der Waals surface area contributed by atoms with E-state index in [1.165, 1.54) is 22.9 Å². The van der Waals surface area contributed by atoms with Crippen LogP contribution in [0.2, 0.25) is 0 Å². The van der Waals surface area contributed by atoms with Gasteiger partial charge in [-0.25, -0.2) is 4.79 Å². The molecule has 0 saturated carbocycles. The van der Waals surface area contributed by atoms with Gasteiger partial charge in [-0.1, -0.05) is 36.4 Å². The van der Waals surface area contributed by atoms with Gasteiger partial charge in [-0.05, 0) is 36.1 Å². The fourth-order valence-electron chi connectivity index (χ4n) is 5.61. The van der Waals surface area contributed by atoms with E-state index in [2.05, 4.69) is 12.1 Å². The zero-order valence-electron chi connectivity index (χ0n) is 18.2. The highest BCUT2D eigenvalue weighted by atomic mass is 32.2. The Morgan fingerprint density at radius 3 is 2.64 bits per heavy atom. The second-order valence-electron chi connectivity index (χ2n) is 9.03. The molecule has 7 nitrogen and oxygen atoms in total. The van der Waals surface area contributed by atoms with Gasteiger partial charge in [0.1, 0.15) is 12.6 Å². The van der Waals surface area contributed by atoms with Crippen molar-refractivity contribution >= 4 is 35.4 Å². The normalized spacial score (nSPS) is 24.4. The Kier molecular flexibility index (Phi) is 5.05.